The Kier molecular flexibility index (Phi) is 5.23. The van der Waals surface area contributed by atoms with E-state index in [-0.39, 0.29) is 56.2 Å². The smallest absolute Gasteiger partial charge is 0.204 e. The molecular formula is C29H22O9. The summed E-state index contributed by atoms with van der Waals surface area (Å²) in [5, 5.41) is 33.4. The Hall–Kier alpha value is -5.05. The van der Waals surface area contributed by atoms with Crippen LogP contribution in [0.2, 0.25) is 0 Å². The van der Waals surface area contributed by atoms with Gasteiger partial charge in [-0.05, 0) is 18.2 Å². The third kappa shape index (κ3) is 3.08. The van der Waals surface area contributed by atoms with E-state index in [1.807, 2.05) is 0 Å². The minimum Gasteiger partial charge on any atom is -0.504 e. The van der Waals surface area contributed by atoms with Crippen LogP contribution in [-0.4, -0.2) is 36.6 Å². The molecule has 1 aromatic heterocycles. The Morgan fingerprint density at radius 1 is 0.763 bits per heavy atom. The lowest BCUT2D eigenvalue weighted by Gasteiger charge is -2.31. The van der Waals surface area contributed by atoms with E-state index in [0.29, 0.717) is 16.9 Å². The molecule has 0 radical (unpaired) electrons. The van der Waals surface area contributed by atoms with Gasteiger partial charge in [-0.25, -0.2) is 0 Å². The molecule has 0 saturated carbocycles. The second-order valence-electron chi connectivity index (χ2n) is 8.72. The van der Waals surface area contributed by atoms with Gasteiger partial charge >= 0.3 is 0 Å². The Labute approximate surface area is 215 Å². The Bertz CT molecular complexity index is 1820. The second kappa shape index (κ2) is 8.52. The van der Waals surface area contributed by atoms with Gasteiger partial charge in [-0.1, -0.05) is 30.3 Å². The predicted molar refractivity (Wildman–Crippen MR) is 139 cm³/mol. The summed E-state index contributed by atoms with van der Waals surface area (Å²) in [6, 6.07) is 15.1. The fourth-order valence-corrected chi connectivity index (χ4v) is 5.22. The SMILES string of the molecule is COc1c(O)cc2c(c1OC)[C@H](c1c(O)c(OC)c(O)c3c(=O)c4ccccc4oc13)c1ccccc1O2. The van der Waals surface area contributed by atoms with Crippen LogP contribution in [-0.2, 0) is 0 Å². The largest absolute Gasteiger partial charge is 0.504 e. The molecule has 5 aromatic rings. The molecule has 0 unspecified atom stereocenters. The summed E-state index contributed by atoms with van der Waals surface area (Å²) in [6.45, 7) is 0. The zero-order chi connectivity index (χ0) is 26.7. The van der Waals surface area contributed by atoms with Crippen molar-refractivity contribution in [3.8, 4) is 46.0 Å². The first-order chi connectivity index (χ1) is 18.4. The summed E-state index contributed by atoms with van der Waals surface area (Å²) in [7, 11) is 4.08. The van der Waals surface area contributed by atoms with Crippen molar-refractivity contribution < 1.29 is 38.7 Å². The molecule has 2 heterocycles. The number of hydrogen-bond acceptors (Lipinski definition) is 9. The maximum atomic E-state index is 13.6. The maximum absolute atomic E-state index is 13.6. The van der Waals surface area contributed by atoms with Crippen molar-refractivity contribution in [3.05, 3.63) is 81.5 Å². The number of methoxy groups -OCH3 is 3. The van der Waals surface area contributed by atoms with Gasteiger partial charge in [-0.2, -0.15) is 0 Å². The molecule has 0 spiro atoms. The highest BCUT2D eigenvalue weighted by molar-refractivity contribution is 5.99. The van der Waals surface area contributed by atoms with Crippen LogP contribution in [0.25, 0.3) is 21.9 Å². The lowest BCUT2D eigenvalue weighted by Crippen LogP contribution is -2.15. The highest BCUT2D eigenvalue weighted by Gasteiger charge is 2.40. The first kappa shape index (κ1) is 23.4. The molecule has 9 heteroatoms. The summed E-state index contributed by atoms with van der Waals surface area (Å²) in [5.41, 5.74) is 0.889. The van der Waals surface area contributed by atoms with Crippen LogP contribution >= 0.6 is 0 Å². The number of fused-ring (bicyclic) bond motifs is 4. The van der Waals surface area contributed by atoms with E-state index in [4.69, 9.17) is 23.4 Å². The number of benzene rings is 4. The number of rotatable bonds is 4. The third-order valence-corrected chi connectivity index (χ3v) is 6.82. The zero-order valence-electron chi connectivity index (χ0n) is 20.6. The first-order valence-corrected chi connectivity index (χ1v) is 11.6. The highest BCUT2D eigenvalue weighted by atomic mass is 16.5. The fourth-order valence-electron chi connectivity index (χ4n) is 5.22. The van der Waals surface area contributed by atoms with E-state index in [1.165, 1.54) is 27.4 Å². The summed E-state index contributed by atoms with van der Waals surface area (Å²) in [5.74, 6) is -1.43. The standard InChI is InChI=1S/C29H22O9/c1-34-26-15(30)12-18-20(28(26)35-2)19(13-8-4-6-10-16(13)37-18)21-24(32)29(36-3)25(33)22-23(31)14-9-5-7-11-17(14)38-27(21)22/h4-12,19,30,32-33H,1-3H3/t19-/m1/s1. The van der Waals surface area contributed by atoms with Gasteiger partial charge in [0.2, 0.25) is 16.9 Å². The molecule has 38 heavy (non-hydrogen) atoms. The average molecular weight is 514 g/mol. The van der Waals surface area contributed by atoms with E-state index in [2.05, 4.69) is 0 Å². The van der Waals surface area contributed by atoms with Gasteiger partial charge in [0.15, 0.2) is 28.6 Å². The van der Waals surface area contributed by atoms with Gasteiger partial charge in [0.05, 0.1) is 43.8 Å². The normalized spacial score (nSPS) is 14.0. The number of phenols is 3. The van der Waals surface area contributed by atoms with Crippen LogP contribution in [0.4, 0.5) is 0 Å². The predicted octanol–water partition coefficient (Wildman–Crippen LogP) is 5.37. The molecule has 0 aliphatic carbocycles. The minimum absolute atomic E-state index is 0.0359. The average Bonchev–Trinajstić information content (AvgIpc) is 2.92. The molecule has 1 atom stereocenters. The molecule has 1 aliphatic rings. The van der Waals surface area contributed by atoms with Gasteiger partial charge in [-0.15, -0.1) is 0 Å². The van der Waals surface area contributed by atoms with E-state index in [0.717, 1.165) is 0 Å². The molecule has 192 valence electrons. The Balaban J connectivity index is 1.85. The monoisotopic (exact) mass is 514 g/mol. The topological polar surface area (TPSA) is 128 Å². The molecule has 0 amide bonds. The van der Waals surface area contributed by atoms with Crippen molar-refractivity contribution in [2.75, 3.05) is 21.3 Å². The van der Waals surface area contributed by atoms with E-state index in [9.17, 15) is 20.1 Å². The Morgan fingerprint density at radius 3 is 2.18 bits per heavy atom. The van der Waals surface area contributed by atoms with Gasteiger partial charge in [0, 0.05) is 11.6 Å². The van der Waals surface area contributed by atoms with Crippen LogP contribution in [0.3, 0.4) is 0 Å². The summed E-state index contributed by atoms with van der Waals surface area (Å²) in [6.07, 6.45) is 0. The molecule has 4 aromatic carbocycles. The van der Waals surface area contributed by atoms with Gasteiger partial charge in [-0.3, -0.25) is 4.79 Å². The van der Waals surface area contributed by atoms with Crippen molar-refractivity contribution in [2.45, 2.75) is 5.92 Å². The van der Waals surface area contributed by atoms with Gasteiger partial charge in [0.25, 0.3) is 0 Å². The number of ether oxygens (including phenoxy) is 4. The first-order valence-electron chi connectivity index (χ1n) is 11.6. The molecule has 3 N–H and O–H groups in total. The zero-order valence-corrected chi connectivity index (χ0v) is 20.6. The number of phenolic OH excluding ortho intramolecular Hbond substituents is 3. The molecule has 0 saturated heterocycles. The highest BCUT2D eigenvalue weighted by Crippen LogP contribution is 2.59. The van der Waals surface area contributed by atoms with Crippen LogP contribution in [0.1, 0.15) is 22.6 Å². The molecule has 0 bridgehead atoms. The van der Waals surface area contributed by atoms with Crippen molar-refractivity contribution >= 4 is 21.9 Å². The molecule has 1 aliphatic heterocycles. The van der Waals surface area contributed by atoms with Crippen LogP contribution in [0.5, 0.6) is 46.0 Å². The van der Waals surface area contributed by atoms with Crippen molar-refractivity contribution in [3.63, 3.8) is 0 Å². The van der Waals surface area contributed by atoms with Crippen LogP contribution in [0, 0.1) is 0 Å². The van der Waals surface area contributed by atoms with Gasteiger partial charge in [0.1, 0.15) is 22.5 Å². The number of para-hydroxylation sites is 2. The summed E-state index contributed by atoms with van der Waals surface area (Å²) in [4.78, 5) is 13.6. The second-order valence-corrected chi connectivity index (χ2v) is 8.72. The van der Waals surface area contributed by atoms with Crippen LogP contribution < -0.4 is 24.4 Å². The maximum Gasteiger partial charge on any atom is 0.204 e. The van der Waals surface area contributed by atoms with E-state index >= 15 is 0 Å². The summed E-state index contributed by atoms with van der Waals surface area (Å²) < 4.78 is 28.8. The minimum atomic E-state index is -0.860. The van der Waals surface area contributed by atoms with Crippen molar-refractivity contribution in [1.29, 1.82) is 0 Å². The number of hydrogen-bond donors (Lipinski definition) is 3. The summed E-state index contributed by atoms with van der Waals surface area (Å²) >= 11 is 0. The molecule has 9 nitrogen and oxygen atoms in total. The fraction of sp³-hybridized carbons (Fsp3) is 0.138. The van der Waals surface area contributed by atoms with E-state index < -0.39 is 22.8 Å². The number of aromatic hydroxyl groups is 3. The molecular weight excluding hydrogens is 492 g/mol. The third-order valence-electron chi connectivity index (χ3n) is 6.82. The van der Waals surface area contributed by atoms with Crippen LogP contribution in [0.15, 0.2) is 63.8 Å². The van der Waals surface area contributed by atoms with Crippen molar-refractivity contribution in [2.24, 2.45) is 0 Å². The lowest BCUT2D eigenvalue weighted by atomic mass is 9.80. The van der Waals surface area contributed by atoms with E-state index in [1.54, 1.807) is 48.5 Å². The molecule has 0 fully saturated rings. The lowest BCUT2D eigenvalue weighted by molar-refractivity contribution is 0.322. The van der Waals surface area contributed by atoms with Crippen molar-refractivity contribution in [1.82, 2.24) is 0 Å². The van der Waals surface area contributed by atoms with Gasteiger partial charge < -0.3 is 38.7 Å². The molecule has 6 rings (SSSR count). The Morgan fingerprint density at radius 2 is 1.45 bits per heavy atom. The quantitative estimate of drug-likeness (QED) is 0.266.